The summed E-state index contributed by atoms with van der Waals surface area (Å²) < 4.78 is 0. The fourth-order valence-corrected chi connectivity index (χ4v) is 1.52. The predicted octanol–water partition coefficient (Wildman–Crippen LogP) is 0.800. The Morgan fingerprint density at radius 1 is 1.65 bits per heavy atom. The van der Waals surface area contributed by atoms with Crippen molar-refractivity contribution < 1.29 is 14.7 Å². The quantitative estimate of drug-likeness (QED) is 0.478. The molecule has 0 aliphatic rings. The molecule has 0 spiro atoms. The van der Waals surface area contributed by atoms with E-state index in [0.717, 1.165) is 0 Å². The van der Waals surface area contributed by atoms with Crippen LogP contribution >= 0.6 is 11.3 Å². The zero-order valence-electron chi connectivity index (χ0n) is 9.62. The molecule has 7 nitrogen and oxygen atoms in total. The van der Waals surface area contributed by atoms with Crippen molar-refractivity contribution in [1.29, 1.82) is 0 Å². The van der Waals surface area contributed by atoms with E-state index >= 15 is 0 Å². The van der Waals surface area contributed by atoms with E-state index in [1.165, 1.54) is 18.4 Å². The van der Waals surface area contributed by atoms with Crippen LogP contribution < -0.4 is 0 Å². The molecule has 1 N–H and O–H groups in total. The third-order valence-corrected chi connectivity index (χ3v) is 2.27. The Hall–Kier alpha value is -1.96. The Kier molecular flexibility index (Phi) is 4.58. The van der Waals surface area contributed by atoms with Crippen LogP contribution in [0, 0.1) is 0 Å². The number of aliphatic carboxylic acids is 1. The van der Waals surface area contributed by atoms with Crippen LogP contribution in [0.15, 0.2) is 15.5 Å². The number of hydrogen-bond acceptors (Lipinski definition) is 6. The van der Waals surface area contributed by atoms with Gasteiger partial charge in [-0.05, 0) is 0 Å². The zero-order chi connectivity index (χ0) is 12.8. The minimum atomic E-state index is -1.19. The highest BCUT2D eigenvalue weighted by Crippen LogP contribution is 2.19. The number of aliphatic imine (C=N–C) groups is 1. The Balaban J connectivity index is 2.93. The van der Waals surface area contributed by atoms with E-state index in [9.17, 15) is 4.79 Å². The predicted molar refractivity (Wildman–Crippen MR) is 65.1 cm³/mol. The first-order valence-corrected chi connectivity index (χ1v) is 5.43. The fraction of sp³-hybridized carbons (Fsp3) is 0.333. The van der Waals surface area contributed by atoms with Gasteiger partial charge in [0.15, 0.2) is 0 Å². The lowest BCUT2D eigenvalue weighted by molar-refractivity contribution is -0.129. The van der Waals surface area contributed by atoms with Crippen molar-refractivity contribution in [3.63, 3.8) is 0 Å². The summed E-state index contributed by atoms with van der Waals surface area (Å²) in [6, 6.07) is 0. The van der Waals surface area contributed by atoms with Crippen molar-refractivity contribution in [2.45, 2.75) is 0 Å². The molecule has 17 heavy (non-hydrogen) atoms. The molecule has 0 amide bonds. The summed E-state index contributed by atoms with van der Waals surface area (Å²) in [7, 11) is 4.93. The Labute approximate surface area is 102 Å². The van der Waals surface area contributed by atoms with Crippen molar-refractivity contribution >= 4 is 34.5 Å². The number of carboxylic acid groups (broad SMARTS) is 1. The normalized spacial score (nSPS) is 11.8. The number of carboxylic acids is 1. The summed E-state index contributed by atoms with van der Waals surface area (Å²) in [5.74, 6) is -1.19. The zero-order valence-corrected chi connectivity index (χ0v) is 10.4. The third kappa shape index (κ3) is 3.83. The smallest absolute Gasteiger partial charge is 0.360 e. The maximum absolute atomic E-state index is 10.9. The van der Waals surface area contributed by atoms with E-state index in [1.807, 2.05) is 14.1 Å². The minimum absolute atomic E-state index is 0.232. The number of nitrogens with zero attached hydrogens (tertiary/aromatic N) is 4. The van der Waals surface area contributed by atoms with Crippen molar-refractivity contribution in [1.82, 2.24) is 9.88 Å². The van der Waals surface area contributed by atoms with Gasteiger partial charge in [-0.25, -0.2) is 14.8 Å². The van der Waals surface area contributed by atoms with Gasteiger partial charge in [-0.2, -0.15) is 0 Å². The molecular weight excluding hydrogens is 244 g/mol. The highest BCUT2D eigenvalue weighted by Gasteiger charge is 2.17. The molecule has 0 aliphatic carbocycles. The van der Waals surface area contributed by atoms with Crippen LogP contribution in [0.1, 0.15) is 5.69 Å². The van der Waals surface area contributed by atoms with Gasteiger partial charge in [0.25, 0.3) is 0 Å². The number of hydrogen-bond donors (Lipinski definition) is 1. The summed E-state index contributed by atoms with van der Waals surface area (Å²) in [6.07, 6.45) is 1.58. The first-order valence-electron chi connectivity index (χ1n) is 4.55. The van der Waals surface area contributed by atoms with Crippen LogP contribution in [0.25, 0.3) is 0 Å². The third-order valence-electron chi connectivity index (χ3n) is 1.52. The average Bonchev–Trinajstić information content (AvgIpc) is 2.71. The largest absolute Gasteiger partial charge is 0.476 e. The minimum Gasteiger partial charge on any atom is -0.476 e. The van der Waals surface area contributed by atoms with Gasteiger partial charge in [0, 0.05) is 19.5 Å². The topological polar surface area (TPSA) is 87.4 Å². The monoisotopic (exact) mass is 256 g/mol. The maximum Gasteiger partial charge on any atom is 0.360 e. The highest BCUT2D eigenvalue weighted by atomic mass is 32.1. The Morgan fingerprint density at radius 3 is 2.88 bits per heavy atom. The molecule has 92 valence electrons. The average molecular weight is 256 g/mol. The van der Waals surface area contributed by atoms with Gasteiger partial charge in [0.1, 0.15) is 12.8 Å². The lowest BCUT2D eigenvalue weighted by atomic mass is 10.3. The van der Waals surface area contributed by atoms with Gasteiger partial charge in [-0.1, -0.05) is 5.16 Å². The molecule has 0 aromatic carbocycles. The SMILES string of the molecule is CO/N=C(\C(=O)O)c1csc(/N=C/N(C)C)n1. The van der Waals surface area contributed by atoms with Crippen molar-refractivity contribution in [2.24, 2.45) is 10.1 Å². The lowest BCUT2D eigenvalue weighted by Crippen LogP contribution is -2.15. The molecule has 1 heterocycles. The van der Waals surface area contributed by atoms with Crippen molar-refractivity contribution in [3.8, 4) is 0 Å². The second-order valence-corrected chi connectivity index (χ2v) is 3.99. The number of carbonyl (C=O) groups is 1. The Bertz CT molecular complexity index is 453. The van der Waals surface area contributed by atoms with Crippen molar-refractivity contribution in [2.75, 3.05) is 21.2 Å². The summed E-state index contributed by atoms with van der Waals surface area (Å²) in [4.78, 5) is 25.1. The first-order chi connectivity index (χ1) is 8.04. The molecule has 0 radical (unpaired) electrons. The Morgan fingerprint density at radius 2 is 2.35 bits per heavy atom. The van der Waals surface area contributed by atoms with E-state index in [1.54, 1.807) is 16.6 Å². The molecule has 1 rings (SSSR count). The number of rotatable bonds is 5. The standard InChI is InChI=1S/C9H12N4O3S/c1-13(2)5-10-9-11-6(4-17-9)7(8(14)15)12-16-3/h4-5H,1-3H3,(H,14,15)/b10-5+,12-7-. The van der Waals surface area contributed by atoms with E-state index in [4.69, 9.17) is 5.11 Å². The van der Waals surface area contributed by atoms with E-state index < -0.39 is 5.97 Å². The molecule has 0 aliphatic heterocycles. The van der Waals surface area contributed by atoms with Crippen LogP contribution in [0.3, 0.4) is 0 Å². The fourth-order valence-electron chi connectivity index (χ4n) is 0.884. The summed E-state index contributed by atoms with van der Waals surface area (Å²) in [5.41, 5.74) is -0.00897. The molecular formula is C9H12N4O3S. The molecule has 0 saturated carbocycles. The molecule has 0 atom stereocenters. The van der Waals surface area contributed by atoms with Gasteiger partial charge in [-0.15, -0.1) is 11.3 Å². The second kappa shape index (κ2) is 5.94. The number of thiazole rings is 1. The van der Waals surface area contributed by atoms with Crippen LogP contribution in [0.5, 0.6) is 0 Å². The van der Waals surface area contributed by atoms with E-state index in [-0.39, 0.29) is 11.4 Å². The molecule has 1 aromatic rings. The van der Waals surface area contributed by atoms with E-state index in [0.29, 0.717) is 5.13 Å². The van der Waals surface area contributed by atoms with Crippen LogP contribution in [-0.2, 0) is 9.63 Å². The molecule has 1 aromatic heterocycles. The first kappa shape index (κ1) is 13.1. The summed E-state index contributed by atoms with van der Waals surface area (Å²) >= 11 is 1.23. The van der Waals surface area contributed by atoms with E-state index in [2.05, 4.69) is 20.0 Å². The lowest BCUT2D eigenvalue weighted by Gasteiger charge is -1.99. The van der Waals surface area contributed by atoms with Crippen molar-refractivity contribution in [3.05, 3.63) is 11.1 Å². The maximum atomic E-state index is 10.9. The van der Waals surface area contributed by atoms with Gasteiger partial charge in [0.05, 0.1) is 6.34 Å². The van der Waals surface area contributed by atoms with Gasteiger partial charge >= 0.3 is 5.97 Å². The highest BCUT2D eigenvalue weighted by molar-refractivity contribution is 7.13. The summed E-state index contributed by atoms with van der Waals surface area (Å²) in [6.45, 7) is 0. The molecule has 8 heteroatoms. The number of oxime groups is 1. The van der Waals surface area contributed by atoms with Crippen LogP contribution in [-0.4, -0.2) is 54.2 Å². The summed E-state index contributed by atoms with van der Waals surface area (Å²) in [5, 5.41) is 14.3. The van der Waals surface area contributed by atoms with Gasteiger partial charge in [0.2, 0.25) is 10.8 Å². The molecule has 0 saturated heterocycles. The number of aromatic nitrogens is 1. The molecule has 0 bridgehead atoms. The van der Waals surface area contributed by atoms with Gasteiger partial charge < -0.3 is 14.8 Å². The second-order valence-electron chi connectivity index (χ2n) is 3.15. The molecule has 0 unspecified atom stereocenters. The van der Waals surface area contributed by atoms with Crippen LogP contribution in [0.4, 0.5) is 5.13 Å². The van der Waals surface area contributed by atoms with Gasteiger partial charge in [-0.3, -0.25) is 0 Å². The van der Waals surface area contributed by atoms with Crippen LogP contribution in [0.2, 0.25) is 0 Å². The molecule has 0 fully saturated rings.